The van der Waals surface area contributed by atoms with Crippen LogP contribution in [-0.2, 0) is 6.54 Å². The molecule has 2 heterocycles. The lowest BCUT2D eigenvalue weighted by Gasteiger charge is -2.24. The maximum absolute atomic E-state index is 12.6. The van der Waals surface area contributed by atoms with Crippen LogP contribution in [0.25, 0.3) is 0 Å². The number of alkyl halides is 2. The number of halogens is 4. The second kappa shape index (κ2) is 7.14. The number of ether oxygens (including phenoxy) is 1. The third-order valence-corrected chi connectivity index (χ3v) is 4.69. The summed E-state index contributed by atoms with van der Waals surface area (Å²) in [6.07, 6.45) is -1.14. The van der Waals surface area contributed by atoms with Crippen LogP contribution in [0.15, 0.2) is 30.5 Å². The van der Waals surface area contributed by atoms with Crippen molar-refractivity contribution in [3.8, 4) is 5.88 Å². The lowest BCUT2D eigenvalue weighted by Crippen LogP contribution is -2.27. The molecule has 132 valence electrons. The van der Waals surface area contributed by atoms with Crippen molar-refractivity contribution < 1.29 is 18.3 Å². The number of amides is 1. The fourth-order valence-corrected chi connectivity index (χ4v) is 3.19. The zero-order chi connectivity index (χ0) is 18.1. The summed E-state index contributed by atoms with van der Waals surface area (Å²) in [6.45, 7) is 1.45. The van der Waals surface area contributed by atoms with Gasteiger partial charge in [0.2, 0.25) is 5.88 Å². The van der Waals surface area contributed by atoms with Crippen LogP contribution < -0.4 is 4.74 Å². The Kier molecular flexibility index (Phi) is 5.11. The van der Waals surface area contributed by atoms with Crippen molar-refractivity contribution in [1.29, 1.82) is 0 Å². The van der Waals surface area contributed by atoms with Gasteiger partial charge < -0.3 is 9.64 Å². The van der Waals surface area contributed by atoms with Crippen molar-refractivity contribution in [2.75, 3.05) is 6.61 Å². The smallest absolute Gasteiger partial charge is 0.272 e. The topological polar surface area (TPSA) is 42.4 Å². The number of hydrogen-bond acceptors (Lipinski definition) is 3. The van der Waals surface area contributed by atoms with Gasteiger partial charge in [0.05, 0.1) is 6.04 Å². The zero-order valence-electron chi connectivity index (χ0n) is 13.2. The second-order valence-corrected chi connectivity index (χ2v) is 6.45. The predicted octanol–water partition coefficient (Wildman–Crippen LogP) is 4.75. The van der Waals surface area contributed by atoms with Crippen LogP contribution in [0.3, 0.4) is 0 Å². The highest BCUT2D eigenvalue weighted by Crippen LogP contribution is 2.35. The van der Waals surface area contributed by atoms with Gasteiger partial charge in [0, 0.05) is 28.9 Å². The molecule has 1 aliphatic heterocycles. The fraction of sp³-hybridized carbons (Fsp3) is 0.294. The summed E-state index contributed by atoms with van der Waals surface area (Å²) in [5.41, 5.74) is 2.04. The number of fused-ring (bicyclic) bond motifs is 1. The van der Waals surface area contributed by atoms with Crippen LogP contribution in [0.1, 0.15) is 34.5 Å². The van der Waals surface area contributed by atoms with Crippen LogP contribution in [0.4, 0.5) is 8.78 Å². The molecule has 3 rings (SSSR count). The SMILES string of the molecule is CC(c1cnc(OCC(F)F)c(Cl)c1)N1Cc2c(Cl)cccc2C1=O. The lowest BCUT2D eigenvalue weighted by atomic mass is 10.1. The molecule has 1 unspecified atom stereocenters. The van der Waals surface area contributed by atoms with Gasteiger partial charge in [0.25, 0.3) is 12.3 Å². The van der Waals surface area contributed by atoms with Gasteiger partial charge in [-0.15, -0.1) is 0 Å². The largest absolute Gasteiger partial charge is 0.471 e. The first kappa shape index (κ1) is 17.9. The van der Waals surface area contributed by atoms with E-state index in [0.717, 1.165) is 5.56 Å². The van der Waals surface area contributed by atoms with Crippen molar-refractivity contribution in [2.24, 2.45) is 0 Å². The maximum atomic E-state index is 12.6. The molecule has 8 heteroatoms. The minimum atomic E-state index is -2.61. The van der Waals surface area contributed by atoms with E-state index >= 15 is 0 Å². The Labute approximate surface area is 153 Å². The van der Waals surface area contributed by atoms with Gasteiger partial charge in [0.15, 0.2) is 6.61 Å². The third-order valence-electron chi connectivity index (χ3n) is 4.06. The van der Waals surface area contributed by atoms with Gasteiger partial charge in [-0.25, -0.2) is 13.8 Å². The Hall–Kier alpha value is -1.92. The highest BCUT2D eigenvalue weighted by molar-refractivity contribution is 6.32. The van der Waals surface area contributed by atoms with E-state index in [2.05, 4.69) is 4.98 Å². The number of pyridine rings is 1. The molecule has 0 radical (unpaired) electrons. The fourth-order valence-electron chi connectivity index (χ4n) is 2.73. The number of benzene rings is 1. The number of aromatic nitrogens is 1. The lowest BCUT2D eigenvalue weighted by molar-refractivity contribution is 0.0713. The standard InChI is InChI=1S/C17H14Cl2F2N2O2/c1-9(10-5-14(19)16(22-6-10)25-8-15(20)21)23-7-12-11(17(23)24)3-2-4-13(12)18/h2-6,9,15H,7-8H2,1H3. The predicted molar refractivity (Wildman–Crippen MR) is 90.5 cm³/mol. The highest BCUT2D eigenvalue weighted by atomic mass is 35.5. The van der Waals surface area contributed by atoms with Gasteiger partial charge in [-0.2, -0.15) is 0 Å². The van der Waals surface area contributed by atoms with Crippen molar-refractivity contribution in [3.63, 3.8) is 0 Å². The van der Waals surface area contributed by atoms with Gasteiger partial charge in [-0.3, -0.25) is 4.79 Å². The van der Waals surface area contributed by atoms with Crippen molar-refractivity contribution >= 4 is 29.1 Å². The van der Waals surface area contributed by atoms with Crippen LogP contribution >= 0.6 is 23.2 Å². The van der Waals surface area contributed by atoms with Crippen LogP contribution in [0.2, 0.25) is 10.0 Å². The first-order chi connectivity index (χ1) is 11.9. The van der Waals surface area contributed by atoms with Gasteiger partial charge in [0.1, 0.15) is 5.02 Å². The summed E-state index contributed by atoms with van der Waals surface area (Å²) >= 11 is 12.2. The first-order valence-corrected chi connectivity index (χ1v) is 8.28. The molecule has 0 fully saturated rings. The molecule has 25 heavy (non-hydrogen) atoms. The Bertz CT molecular complexity index is 817. The summed E-state index contributed by atoms with van der Waals surface area (Å²) in [5.74, 6) is -0.184. The summed E-state index contributed by atoms with van der Waals surface area (Å²) < 4.78 is 29.3. The van der Waals surface area contributed by atoms with Crippen molar-refractivity contribution in [2.45, 2.75) is 25.9 Å². The van der Waals surface area contributed by atoms with Gasteiger partial charge in [-0.05, 0) is 30.7 Å². The molecule has 4 nitrogen and oxygen atoms in total. The normalized spacial score (nSPS) is 14.8. The Balaban J connectivity index is 1.80. The summed E-state index contributed by atoms with van der Waals surface area (Å²) in [5, 5.41) is 0.666. The molecule has 0 saturated carbocycles. The molecule has 0 saturated heterocycles. The van der Waals surface area contributed by atoms with E-state index in [1.165, 1.54) is 6.20 Å². The number of nitrogens with zero attached hydrogens (tertiary/aromatic N) is 2. The Morgan fingerprint density at radius 1 is 1.32 bits per heavy atom. The number of carbonyl (C=O) groups excluding carboxylic acids is 1. The quantitative estimate of drug-likeness (QED) is 0.744. The van der Waals surface area contributed by atoms with Crippen LogP contribution in [-0.4, -0.2) is 28.8 Å². The monoisotopic (exact) mass is 386 g/mol. The Morgan fingerprint density at radius 3 is 2.72 bits per heavy atom. The number of hydrogen-bond donors (Lipinski definition) is 0. The van der Waals surface area contributed by atoms with Crippen molar-refractivity contribution in [1.82, 2.24) is 9.88 Å². The molecule has 0 bridgehead atoms. The molecule has 0 spiro atoms. The van der Waals surface area contributed by atoms with Crippen LogP contribution in [0.5, 0.6) is 5.88 Å². The van der Waals surface area contributed by atoms with E-state index in [-0.39, 0.29) is 22.9 Å². The molecular formula is C17H14Cl2F2N2O2. The zero-order valence-corrected chi connectivity index (χ0v) is 14.7. The third kappa shape index (κ3) is 3.55. The Morgan fingerprint density at radius 2 is 2.08 bits per heavy atom. The summed E-state index contributed by atoms with van der Waals surface area (Å²) in [4.78, 5) is 18.2. The van der Waals surface area contributed by atoms with E-state index in [0.29, 0.717) is 22.7 Å². The van der Waals surface area contributed by atoms with E-state index < -0.39 is 13.0 Å². The van der Waals surface area contributed by atoms with Gasteiger partial charge >= 0.3 is 0 Å². The highest BCUT2D eigenvalue weighted by Gasteiger charge is 2.33. The summed E-state index contributed by atoms with van der Waals surface area (Å²) in [7, 11) is 0. The van der Waals surface area contributed by atoms with Crippen LogP contribution in [0, 0.1) is 0 Å². The number of rotatable bonds is 5. The first-order valence-electron chi connectivity index (χ1n) is 7.53. The molecule has 1 amide bonds. The van der Waals surface area contributed by atoms with E-state index in [9.17, 15) is 13.6 Å². The average Bonchev–Trinajstić information content (AvgIpc) is 2.91. The average molecular weight is 387 g/mol. The molecule has 1 atom stereocenters. The molecule has 1 aromatic heterocycles. The molecule has 1 aromatic carbocycles. The van der Waals surface area contributed by atoms with Crippen molar-refractivity contribution in [3.05, 3.63) is 57.2 Å². The minimum Gasteiger partial charge on any atom is -0.471 e. The molecular weight excluding hydrogens is 373 g/mol. The second-order valence-electron chi connectivity index (χ2n) is 5.63. The molecule has 2 aromatic rings. The van der Waals surface area contributed by atoms with E-state index in [1.807, 2.05) is 6.92 Å². The molecule has 1 aliphatic rings. The van der Waals surface area contributed by atoms with E-state index in [1.54, 1.807) is 29.2 Å². The minimum absolute atomic E-state index is 0.0583. The summed E-state index contributed by atoms with van der Waals surface area (Å²) in [6, 6.07) is 6.47. The molecule has 0 aliphatic carbocycles. The number of carbonyl (C=O) groups is 1. The molecule has 0 N–H and O–H groups in total. The van der Waals surface area contributed by atoms with E-state index in [4.69, 9.17) is 27.9 Å². The maximum Gasteiger partial charge on any atom is 0.272 e. The van der Waals surface area contributed by atoms with Gasteiger partial charge in [-0.1, -0.05) is 29.3 Å².